The molecule has 1 aliphatic heterocycles. The first-order valence-corrected chi connectivity index (χ1v) is 10.6. The zero-order valence-electron chi connectivity index (χ0n) is 17.5. The molecule has 0 atom stereocenters. The summed E-state index contributed by atoms with van der Waals surface area (Å²) in [6.07, 6.45) is 0.00739. The number of rotatable bonds is 7. The minimum Gasteiger partial charge on any atom is -0.456 e. The molecule has 0 aromatic heterocycles. The van der Waals surface area contributed by atoms with Crippen LogP contribution in [0.1, 0.15) is 22.3 Å². The second kappa shape index (κ2) is 10.8. The van der Waals surface area contributed by atoms with Crippen molar-refractivity contribution in [3.63, 3.8) is 0 Å². The van der Waals surface area contributed by atoms with E-state index in [1.165, 1.54) is 0 Å². The lowest BCUT2D eigenvalue weighted by Crippen LogP contribution is -2.50. The van der Waals surface area contributed by atoms with E-state index >= 15 is 0 Å². The van der Waals surface area contributed by atoms with Crippen LogP contribution in [0.25, 0.3) is 0 Å². The summed E-state index contributed by atoms with van der Waals surface area (Å²) in [6.45, 7) is 4.19. The predicted molar refractivity (Wildman–Crippen MR) is 119 cm³/mol. The van der Waals surface area contributed by atoms with Crippen molar-refractivity contribution in [1.29, 1.82) is 0 Å². The van der Waals surface area contributed by atoms with E-state index in [0.29, 0.717) is 36.8 Å². The number of piperazine rings is 1. The number of hydrogen-bond acceptors (Lipinski definition) is 5. The van der Waals surface area contributed by atoms with Gasteiger partial charge in [-0.15, -0.1) is 0 Å². The maximum atomic E-state index is 12.3. The molecule has 8 heteroatoms. The predicted octanol–water partition coefficient (Wildman–Crippen LogP) is 2.66. The van der Waals surface area contributed by atoms with Crippen LogP contribution in [0.4, 0.5) is 5.69 Å². The number of esters is 1. The highest BCUT2D eigenvalue weighted by Crippen LogP contribution is 2.20. The normalized spacial score (nSPS) is 13.6. The molecule has 1 aliphatic rings. The molecule has 164 valence electrons. The van der Waals surface area contributed by atoms with E-state index in [1.54, 1.807) is 17.0 Å². The van der Waals surface area contributed by atoms with Gasteiger partial charge in [0.15, 0.2) is 6.61 Å². The van der Waals surface area contributed by atoms with Crippen molar-refractivity contribution in [2.75, 3.05) is 44.2 Å². The van der Waals surface area contributed by atoms with Gasteiger partial charge in [-0.3, -0.25) is 14.4 Å². The number of amides is 2. The maximum absolute atomic E-state index is 12.3. The molecule has 31 heavy (non-hydrogen) atoms. The quantitative estimate of drug-likeness (QED) is 0.665. The molecule has 1 saturated heterocycles. The standard InChI is InChI=1S/C23H26ClN3O4/c1-17-5-2-3-8-20(17)23(30)25-10-9-22(29)31-16-21(28)27-13-11-26(12-14-27)19-7-4-6-18(24)15-19/h2-8,15H,9-14,16H2,1H3,(H,25,30). The number of nitrogens with zero attached hydrogens (tertiary/aromatic N) is 2. The second-order valence-corrected chi connectivity index (χ2v) is 7.77. The van der Waals surface area contributed by atoms with Crippen molar-refractivity contribution in [3.05, 3.63) is 64.7 Å². The van der Waals surface area contributed by atoms with Gasteiger partial charge in [0.25, 0.3) is 11.8 Å². The van der Waals surface area contributed by atoms with E-state index in [2.05, 4.69) is 10.2 Å². The van der Waals surface area contributed by atoms with Crippen LogP contribution in [0.15, 0.2) is 48.5 Å². The van der Waals surface area contributed by atoms with Crippen molar-refractivity contribution < 1.29 is 19.1 Å². The number of hydrogen-bond donors (Lipinski definition) is 1. The summed E-state index contributed by atoms with van der Waals surface area (Å²) in [5, 5.41) is 3.37. The lowest BCUT2D eigenvalue weighted by molar-refractivity contribution is -0.152. The van der Waals surface area contributed by atoms with Gasteiger partial charge in [0.05, 0.1) is 6.42 Å². The van der Waals surface area contributed by atoms with E-state index in [0.717, 1.165) is 11.3 Å². The van der Waals surface area contributed by atoms with Crippen LogP contribution in [-0.4, -0.2) is 62.0 Å². The van der Waals surface area contributed by atoms with Gasteiger partial charge < -0.3 is 19.9 Å². The van der Waals surface area contributed by atoms with Crippen molar-refractivity contribution in [3.8, 4) is 0 Å². The first-order valence-electron chi connectivity index (χ1n) is 10.2. The largest absolute Gasteiger partial charge is 0.456 e. The average Bonchev–Trinajstić information content (AvgIpc) is 2.78. The monoisotopic (exact) mass is 443 g/mol. The topological polar surface area (TPSA) is 78.9 Å². The van der Waals surface area contributed by atoms with Gasteiger partial charge in [-0.1, -0.05) is 35.9 Å². The zero-order valence-corrected chi connectivity index (χ0v) is 18.2. The Labute approximate surface area is 186 Å². The number of carbonyl (C=O) groups excluding carboxylic acids is 3. The third-order valence-electron chi connectivity index (χ3n) is 5.17. The number of benzene rings is 2. The number of aryl methyl sites for hydroxylation is 1. The molecule has 0 spiro atoms. The van der Waals surface area contributed by atoms with Crippen molar-refractivity contribution in [2.45, 2.75) is 13.3 Å². The van der Waals surface area contributed by atoms with Gasteiger partial charge in [-0.05, 0) is 36.8 Å². The van der Waals surface area contributed by atoms with Crippen LogP contribution in [0.2, 0.25) is 5.02 Å². The minimum absolute atomic E-state index is 0.00739. The van der Waals surface area contributed by atoms with E-state index in [1.807, 2.05) is 43.3 Å². The Morgan fingerprint density at radius 3 is 2.48 bits per heavy atom. The lowest BCUT2D eigenvalue weighted by Gasteiger charge is -2.36. The number of carbonyl (C=O) groups is 3. The fourth-order valence-electron chi connectivity index (χ4n) is 3.39. The molecule has 1 N–H and O–H groups in total. The molecule has 2 aromatic carbocycles. The fourth-order valence-corrected chi connectivity index (χ4v) is 3.58. The fraction of sp³-hybridized carbons (Fsp3) is 0.348. The SMILES string of the molecule is Cc1ccccc1C(=O)NCCC(=O)OCC(=O)N1CCN(c2cccc(Cl)c2)CC1. The molecule has 2 aromatic rings. The minimum atomic E-state index is -0.518. The third kappa shape index (κ3) is 6.46. The molecule has 0 saturated carbocycles. The molecule has 0 aliphatic carbocycles. The van der Waals surface area contributed by atoms with E-state index in [9.17, 15) is 14.4 Å². The zero-order chi connectivity index (χ0) is 22.2. The summed E-state index contributed by atoms with van der Waals surface area (Å²) in [5.41, 5.74) is 2.46. The van der Waals surface area contributed by atoms with Gasteiger partial charge in [0, 0.05) is 49.0 Å². The maximum Gasteiger partial charge on any atom is 0.308 e. The lowest BCUT2D eigenvalue weighted by atomic mass is 10.1. The highest BCUT2D eigenvalue weighted by atomic mass is 35.5. The molecule has 7 nitrogen and oxygen atoms in total. The summed E-state index contributed by atoms with van der Waals surface area (Å²) in [7, 11) is 0. The van der Waals surface area contributed by atoms with Crippen LogP contribution in [-0.2, 0) is 14.3 Å². The van der Waals surface area contributed by atoms with Crippen LogP contribution in [0.3, 0.4) is 0 Å². The van der Waals surface area contributed by atoms with Crippen molar-refractivity contribution in [1.82, 2.24) is 10.2 Å². The molecular weight excluding hydrogens is 418 g/mol. The smallest absolute Gasteiger partial charge is 0.308 e. The summed E-state index contributed by atoms with van der Waals surface area (Å²) >= 11 is 6.04. The molecule has 1 heterocycles. The van der Waals surface area contributed by atoms with Crippen LogP contribution in [0, 0.1) is 6.92 Å². The molecule has 3 rings (SSSR count). The third-order valence-corrected chi connectivity index (χ3v) is 5.40. The van der Waals surface area contributed by atoms with Crippen LogP contribution < -0.4 is 10.2 Å². The molecule has 1 fully saturated rings. The Morgan fingerprint density at radius 1 is 1.03 bits per heavy atom. The van der Waals surface area contributed by atoms with Gasteiger partial charge in [-0.2, -0.15) is 0 Å². The summed E-state index contributed by atoms with van der Waals surface area (Å²) < 4.78 is 5.08. The van der Waals surface area contributed by atoms with Crippen molar-refractivity contribution in [2.24, 2.45) is 0 Å². The Balaban J connectivity index is 1.34. The summed E-state index contributed by atoms with van der Waals surface area (Å²) in [5.74, 6) is -0.974. The number of nitrogens with one attached hydrogen (secondary N) is 1. The van der Waals surface area contributed by atoms with E-state index in [4.69, 9.17) is 16.3 Å². The Morgan fingerprint density at radius 2 is 1.77 bits per heavy atom. The number of anilines is 1. The van der Waals surface area contributed by atoms with Gasteiger partial charge in [0.1, 0.15) is 0 Å². The second-order valence-electron chi connectivity index (χ2n) is 7.33. The van der Waals surface area contributed by atoms with Crippen LogP contribution >= 0.6 is 11.6 Å². The summed E-state index contributed by atoms with van der Waals surface area (Å²) in [4.78, 5) is 40.2. The number of halogens is 1. The van der Waals surface area contributed by atoms with Gasteiger partial charge >= 0.3 is 5.97 Å². The van der Waals surface area contributed by atoms with Crippen LogP contribution in [0.5, 0.6) is 0 Å². The molecule has 0 unspecified atom stereocenters. The molecule has 0 radical (unpaired) electrons. The van der Waals surface area contributed by atoms with Crippen molar-refractivity contribution >= 4 is 35.1 Å². The first-order chi connectivity index (χ1) is 14.9. The van der Waals surface area contributed by atoms with E-state index in [-0.39, 0.29) is 31.4 Å². The summed E-state index contributed by atoms with van der Waals surface area (Å²) in [6, 6.07) is 14.8. The molecular formula is C23H26ClN3O4. The highest BCUT2D eigenvalue weighted by molar-refractivity contribution is 6.30. The van der Waals surface area contributed by atoms with Gasteiger partial charge in [-0.25, -0.2) is 0 Å². The first kappa shape index (κ1) is 22.6. The van der Waals surface area contributed by atoms with E-state index < -0.39 is 5.97 Å². The van der Waals surface area contributed by atoms with Gasteiger partial charge in [0.2, 0.25) is 0 Å². The highest BCUT2D eigenvalue weighted by Gasteiger charge is 2.22. The Hall–Kier alpha value is -3.06. The molecule has 2 amide bonds. The average molecular weight is 444 g/mol. The molecule has 0 bridgehead atoms. The Bertz CT molecular complexity index is 942. The number of ether oxygens (including phenoxy) is 1. The Kier molecular flexibility index (Phi) is 7.89.